The smallest absolute Gasteiger partial charge is 0.127 e. The Bertz CT molecular complexity index is 2090. The Labute approximate surface area is 306 Å². The Morgan fingerprint density at radius 3 is 1.54 bits per heavy atom. The van der Waals surface area contributed by atoms with Gasteiger partial charge in [0.25, 0.3) is 0 Å². The van der Waals surface area contributed by atoms with Crippen molar-refractivity contribution in [1.29, 1.82) is 0 Å². The van der Waals surface area contributed by atoms with Crippen molar-refractivity contribution in [2.75, 3.05) is 7.11 Å². The third-order valence-electron chi connectivity index (χ3n) is 10.1. The second-order valence-electron chi connectivity index (χ2n) is 13.2. The summed E-state index contributed by atoms with van der Waals surface area (Å²) in [5.74, 6) is 7.60. The van der Waals surface area contributed by atoms with Crippen LogP contribution in [0.1, 0.15) is 71.0 Å². The van der Waals surface area contributed by atoms with Gasteiger partial charge in [0, 0.05) is 11.0 Å². The second kappa shape index (κ2) is 16.3. The molecular formula is C48H42N2O2. The molecule has 6 aromatic rings. The van der Waals surface area contributed by atoms with Crippen LogP contribution in [0, 0.1) is 0 Å². The number of methoxy groups -OCH3 is 1. The third-order valence-corrected chi connectivity index (χ3v) is 10.1. The summed E-state index contributed by atoms with van der Waals surface area (Å²) in [5.41, 5.74) is 10.3. The highest BCUT2D eigenvalue weighted by atomic mass is 16.5. The predicted octanol–water partition coefficient (Wildman–Crippen LogP) is 11.3. The van der Waals surface area contributed by atoms with E-state index < -0.39 is 0 Å². The summed E-state index contributed by atoms with van der Waals surface area (Å²) in [5, 5.41) is 10.7. The van der Waals surface area contributed by atoms with Crippen LogP contribution in [0.4, 0.5) is 11.4 Å². The Kier molecular flexibility index (Phi) is 10.8. The molecule has 1 saturated carbocycles. The SMILES string of the molecule is COc1ccc(C2(c3ccc(CO)c(C(=C=Nc4ccccc4)c4ccccc4)c3)CCCCC2)cc1C(=C=Nc1ccccc1)c1ccccc1. The average Bonchev–Trinajstić information content (AvgIpc) is 3.22. The lowest BCUT2D eigenvalue weighted by atomic mass is 9.64. The summed E-state index contributed by atoms with van der Waals surface area (Å²) in [6.45, 7) is -0.0926. The first-order valence-corrected chi connectivity index (χ1v) is 18.0. The van der Waals surface area contributed by atoms with Crippen LogP contribution in [-0.2, 0) is 12.0 Å². The maximum absolute atomic E-state index is 10.7. The number of hydrogen-bond acceptors (Lipinski definition) is 4. The zero-order chi connectivity index (χ0) is 35.6. The first kappa shape index (κ1) is 34.4. The van der Waals surface area contributed by atoms with Crippen LogP contribution in [0.15, 0.2) is 168 Å². The molecule has 0 aromatic heterocycles. The lowest BCUT2D eigenvalue weighted by Crippen LogP contribution is -2.31. The minimum atomic E-state index is -0.265. The van der Waals surface area contributed by atoms with Crippen molar-refractivity contribution < 1.29 is 9.84 Å². The van der Waals surface area contributed by atoms with Gasteiger partial charge in [-0.1, -0.05) is 135 Å². The molecule has 0 unspecified atom stereocenters. The summed E-state index contributed by atoms with van der Waals surface area (Å²) in [7, 11) is 1.72. The molecule has 4 heteroatoms. The van der Waals surface area contributed by atoms with Crippen molar-refractivity contribution in [3.63, 3.8) is 0 Å². The van der Waals surface area contributed by atoms with Crippen LogP contribution in [-0.4, -0.2) is 24.0 Å². The minimum absolute atomic E-state index is 0.0926. The van der Waals surface area contributed by atoms with Crippen LogP contribution in [0.2, 0.25) is 0 Å². The fourth-order valence-electron chi connectivity index (χ4n) is 7.36. The van der Waals surface area contributed by atoms with E-state index in [4.69, 9.17) is 14.7 Å². The number of ether oxygens (including phenoxy) is 1. The molecule has 0 radical (unpaired) electrons. The molecule has 0 aliphatic heterocycles. The van der Waals surface area contributed by atoms with Gasteiger partial charge in [-0.25, -0.2) is 9.98 Å². The normalized spacial score (nSPS) is 13.3. The molecule has 1 fully saturated rings. The Hall–Kier alpha value is -6.02. The number of nitrogens with zero attached hydrogens (tertiary/aromatic N) is 2. The molecule has 4 nitrogen and oxygen atoms in total. The van der Waals surface area contributed by atoms with E-state index in [1.165, 1.54) is 17.5 Å². The van der Waals surface area contributed by atoms with E-state index >= 15 is 0 Å². The number of aliphatic imine (C=N–C) groups is 2. The van der Waals surface area contributed by atoms with Gasteiger partial charge in [0.15, 0.2) is 0 Å². The maximum atomic E-state index is 10.7. The first-order chi connectivity index (χ1) is 25.7. The highest BCUT2D eigenvalue weighted by Gasteiger charge is 2.37. The largest absolute Gasteiger partial charge is 0.496 e. The van der Waals surface area contributed by atoms with Crippen LogP contribution in [0.5, 0.6) is 5.75 Å². The van der Waals surface area contributed by atoms with Gasteiger partial charge in [-0.15, -0.1) is 0 Å². The van der Waals surface area contributed by atoms with Crippen LogP contribution in [0.3, 0.4) is 0 Å². The van der Waals surface area contributed by atoms with E-state index in [0.717, 1.165) is 81.8 Å². The Morgan fingerprint density at radius 1 is 0.577 bits per heavy atom. The van der Waals surface area contributed by atoms with Gasteiger partial charge in [0.1, 0.15) is 5.75 Å². The Morgan fingerprint density at radius 2 is 1.04 bits per heavy atom. The highest BCUT2D eigenvalue weighted by molar-refractivity contribution is 6.02. The molecule has 52 heavy (non-hydrogen) atoms. The summed E-state index contributed by atoms with van der Waals surface area (Å²) >= 11 is 0. The molecule has 0 amide bonds. The monoisotopic (exact) mass is 678 g/mol. The van der Waals surface area contributed by atoms with E-state index in [-0.39, 0.29) is 12.0 Å². The van der Waals surface area contributed by atoms with E-state index in [0.29, 0.717) is 0 Å². The standard InChI is InChI=1S/C48H42N2O2/c1-52-47-28-27-40(32-44(47)46(37-19-9-3-10-20-37)34-50-42-23-13-5-14-24-42)48(29-15-6-16-30-48)39-26-25-38(35-51)43(31-39)45(36-17-7-2-8-18-36)33-49-41-21-11-4-12-22-41/h2-5,7-14,17-28,31-32,51H,6,15-16,29-30,35H2,1H3. The lowest BCUT2D eigenvalue weighted by Gasteiger charge is -2.39. The summed E-state index contributed by atoms with van der Waals surface area (Å²) < 4.78 is 6.02. The quantitative estimate of drug-likeness (QED) is 0.147. The van der Waals surface area contributed by atoms with Gasteiger partial charge in [-0.05, 0) is 100 Å². The van der Waals surface area contributed by atoms with Gasteiger partial charge in [-0.3, -0.25) is 0 Å². The molecule has 1 aliphatic rings. The first-order valence-electron chi connectivity index (χ1n) is 18.0. The van der Waals surface area contributed by atoms with E-state index in [1.54, 1.807) is 7.11 Å². The molecule has 7 rings (SSSR count). The van der Waals surface area contributed by atoms with Crippen LogP contribution < -0.4 is 4.74 Å². The van der Waals surface area contributed by atoms with Crippen molar-refractivity contribution in [2.45, 2.75) is 44.1 Å². The molecule has 1 aliphatic carbocycles. The number of rotatable bonds is 10. The molecule has 0 bridgehead atoms. The fraction of sp³-hybridized carbons (Fsp3) is 0.167. The summed E-state index contributed by atoms with van der Waals surface area (Å²) in [6.07, 6.45) is 5.44. The zero-order valence-corrected chi connectivity index (χ0v) is 29.5. The molecule has 6 aromatic carbocycles. The molecular weight excluding hydrogens is 637 g/mol. The zero-order valence-electron chi connectivity index (χ0n) is 29.5. The van der Waals surface area contributed by atoms with Gasteiger partial charge in [-0.2, -0.15) is 0 Å². The number of aliphatic hydroxyl groups excluding tert-OH is 1. The minimum Gasteiger partial charge on any atom is -0.496 e. The van der Waals surface area contributed by atoms with Crippen molar-refractivity contribution in [3.8, 4) is 5.75 Å². The fourth-order valence-corrected chi connectivity index (χ4v) is 7.36. The molecule has 1 N–H and O–H groups in total. The number of benzene rings is 6. The van der Waals surface area contributed by atoms with E-state index in [9.17, 15) is 5.11 Å². The van der Waals surface area contributed by atoms with Gasteiger partial charge in [0.05, 0.1) is 36.2 Å². The Balaban J connectivity index is 1.42. The second-order valence-corrected chi connectivity index (χ2v) is 13.2. The van der Waals surface area contributed by atoms with Crippen molar-refractivity contribution in [3.05, 3.63) is 197 Å². The van der Waals surface area contributed by atoms with Crippen LogP contribution >= 0.6 is 0 Å². The molecule has 256 valence electrons. The highest BCUT2D eigenvalue weighted by Crippen LogP contribution is 2.47. The van der Waals surface area contributed by atoms with Crippen molar-refractivity contribution in [1.82, 2.24) is 0 Å². The van der Waals surface area contributed by atoms with Gasteiger partial charge >= 0.3 is 0 Å². The number of para-hydroxylation sites is 2. The van der Waals surface area contributed by atoms with Crippen molar-refractivity contribution >= 4 is 34.3 Å². The average molecular weight is 679 g/mol. The number of hydrogen-bond donors (Lipinski definition) is 1. The number of aliphatic hydroxyl groups is 1. The van der Waals surface area contributed by atoms with Gasteiger partial charge in [0.2, 0.25) is 0 Å². The molecule has 0 spiro atoms. The van der Waals surface area contributed by atoms with E-state index in [1.807, 2.05) is 97.1 Å². The van der Waals surface area contributed by atoms with Crippen LogP contribution in [0.25, 0.3) is 11.1 Å². The summed E-state index contributed by atoms with van der Waals surface area (Å²) in [4.78, 5) is 9.56. The predicted molar refractivity (Wildman–Crippen MR) is 214 cm³/mol. The summed E-state index contributed by atoms with van der Waals surface area (Å²) in [6, 6.07) is 53.5. The molecule has 0 saturated heterocycles. The van der Waals surface area contributed by atoms with Crippen molar-refractivity contribution in [2.24, 2.45) is 9.98 Å². The topological polar surface area (TPSA) is 54.2 Å². The molecule has 0 atom stereocenters. The molecule has 0 heterocycles. The van der Waals surface area contributed by atoms with E-state index in [2.05, 4.69) is 72.4 Å². The third kappa shape index (κ3) is 7.51. The van der Waals surface area contributed by atoms with Gasteiger partial charge < -0.3 is 9.84 Å². The lowest BCUT2D eigenvalue weighted by molar-refractivity contribution is 0.281. The maximum Gasteiger partial charge on any atom is 0.127 e.